The largest absolute Gasteiger partial charge is 0.488 e. The fourth-order valence-corrected chi connectivity index (χ4v) is 2.35. The van der Waals surface area contributed by atoms with Gasteiger partial charge < -0.3 is 4.74 Å². The minimum atomic E-state index is 0.361. The third kappa shape index (κ3) is 2.88. The molecule has 0 bridgehead atoms. The van der Waals surface area contributed by atoms with Gasteiger partial charge in [0.2, 0.25) is 0 Å². The van der Waals surface area contributed by atoms with E-state index >= 15 is 0 Å². The zero-order valence-electron chi connectivity index (χ0n) is 9.71. The van der Waals surface area contributed by atoms with Crippen LogP contribution in [0.25, 0.3) is 0 Å². The fourth-order valence-electron chi connectivity index (χ4n) is 2.16. The summed E-state index contributed by atoms with van der Waals surface area (Å²) in [6, 6.07) is 3.98. The molecule has 1 fully saturated rings. The number of aryl methyl sites for hydroxylation is 1. The number of ether oxygens (including phenoxy) is 1. The summed E-state index contributed by atoms with van der Waals surface area (Å²) in [5, 5.41) is 0. The molecule has 1 aromatic rings. The predicted octanol–water partition coefficient (Wildman–Crippen LogP) is 3.84. The SMILES string of the molecule is Cc1ccc(OC2CCCCC2)c(CCl)n1. The summed E-state index contributed by atoms with van der Waals surface area (Å²) in [5.41, 5.74) is 1.86. The van der Waals surface area contributed by atoms with E-state index < -0.39 is 0 Å². The van der Waals surface area contributed by atoms with Gasteiger partial charge in [0.25, 0.3) is 0 Å². The third-order valence-corrected chi connectivity index (χ3v) is 3.30. The molecule has 0 aromatic carbocycles. The van der Waals surface area contributed by atoms with Crippen LogP contribution in [0.1, 0.15) is 43.5 Å². The maximum atomic E-state index is 5.99. The van der Waals surface area contributed by atoms with Crippen molar-refractivity contribution in [3.05, 3.63) is 23.5 Å². The van der Waals surface area contributed by atoms with E-state index in [1.165, 1.54) is 19.3 Å². The standard InChI is InChI=1S/C13H18ClNO/c1-10-7-8-13(12(9-14)15-10)16-11-5-3-2-4-6-11/h7-8,11H,2-6,9H2,1H3. The van der Waals surface area contributed by atoms with Crippen molar-refractivity contribution in [3.63, 3.8) is 0 Å². The normalized spacial score (nSPS) is 17.4. The molecule has 3 heteroatoms. The van der Waals surface area contributed by atoms with Gasteiger partial charge in [-0.1, -0.05) is 6.42 Å². The van der Waals surface area contributed by atoms with Gasteiger partial charge in [-0.15, -0.1) is 11.6 Å². The molecule has 2 nitrogen and oxygen atoms in total. The van der Waals surface area contributed by atoms with Gasteiger partial charge in [-0.25, -0.2) is 0 Å². The number of pyridine rings is 1. The average Bonchev–Trinajstić information content (AvgIpc) is 2.33. The Balaban J connectivity index is 2.07. The molecule has 0 unspecified atom stereocenters. The Bertz CT molecular complexity index is 348. The number of hydrogen-bond donors (Lipinski definition) is 0. The molecule has 0 aliphatic heterocycles. The van der Waals surface area contributed by atoms with Crippen LogP contribution in [0.15, 0.2) is 12.1 Å². The van der Waals surface area contributed by atoms with Crippen LogP contribution in [0.4, 0.5) is 0 Å². The van der Waals surface area contributed by atoms with E-state index in [0.717, 1.165) is 30.0 Å². The highest BCUT2D eigenvalue weighted by atomic mass is 35.5. The van der Waals surface area contributed by atoms with Gasteiger partial charge in [0.15, 0.2) is 0 Å². The van der Waals surface area contributed by atoms with E-state index in [4.69, 9.17) is 16.3 Å². The molecule has 1 aliphatic rings. The van der Waals surface area contributed by atoms with Gasteiger partial charge in [-0.3, -0.25) is 4.98 Å². The van der Waals surface area contributed by atoms with Crippen molar-refractivity contribution in [1.82, 2.24) is 4.98 Å². The Morgan fingerprint density at radius 3 is 2.75 bits per heavy atom. The number of rotatable bonds is 3. The Kier molecular flexibility index (Phi) is 4.05. The van der Waals surface area contributed by atoms with Crippen LogP contribution in [0.2, 0.25) is 0 Å². The van der Waals surface area contributed by atoms with Crippen LogP contribution < -0.4 is 4.74 Å². The molecule has 88 valence electrons. The van der Waals surface area contributed by atoms with E-state index in [0.29, 0.717) is 12.0 Å². The summed E-state index contributed by atoms with van der Waals surface area (Å²) in [6.07, 6.45) is 6.58. The lowest BCUT2D eigenvalue weighted by atomic mass is 9.98. The first-order valence-corrected chi connectivity index (χ1v) is 6.52. The fraction of sp³-hybridized carbons (Fsp3) is 0.615. The van der Waals surface area contributed by atoms with Crippen molar-refractivity contribution < 1.29 is 4.74 Å². The second-order valence-corrected chi connectivity index (χ2v) is 4.68. The summed E-state index contributed by atoms with van der Waals surface area (Å²) in [7, 11) is 0. The summed E-state index contributed by atoms with van der Waals surface area (Å²) >= 11 is 5.88. The predicted molar refractivity (Wildman–Crippen MR) is 66.0 cm³/mol. The Morgan fingerprint density at radius 1 is 1.31 bits per heavy atom. The lowest BCUT2D eigenvalue weighted by Gasteiger charge is -2.23. The highest BCUT2D eigenvalue weighted by Gasteiger charge is 2.16. The van der Waals surface area contributed by atoms with Crippen LogP contribution in [-0.4, -0.2) is 11.1 Å². The van der Waals surface area contributed by atoms with E-state index in [1.807, 2.05) is 19.1 Å². The van der Waals surface area contributed by atoms with Crippen molar-refractivity contribution in [2.45, 2.75) is 51.0 Å². The quantitative estimate of drug-likeness (QED) is 0.748. The molecule has 0 radical (unpaired) electrons. The summed E-state index contributed by atoms with van der Waals surface area (Å²) in [5.74, 6) is 1.29. The number of halogens is 1. The number of aromatic nitrogens is 1. The molecular formula is C13H18ClNO. The van der Waals surface area contributed by atoms with Gasteiger partial charge in [0.1, 0.15) is 5.75 Å². The highest BCUT2D eigenvalue weighted by molar-refractivity contribution is 6.17. The molecule has 0 atom stereocenters. The van der Waals surface area contributed by atoms with E-state index in [9.17, 15) is 0 Å². The van der Waals surface area contributed by atoms with Gasteiger partial charge >= 0.3 is 0 Å². The van der Waals surface area contributed by atoms with Crippen molar-refractivity contribution in [3.8, 4) is 5.75 Å². The second-order valence-electron chi connectivity index (χ2n) is 4.41. The van der Waals surface area contributed by atoms with Crippen molar-refractivity contribution in [2.75, 3.05) is 0 Å². The molecule has 1 heterocycles. The smallest absolute Gasteiger partial charge is 0.142 e. The van der Waals surface area contributed by atoms with Gasteiger partial charge in [0, 0.05) is 5.69 Å². The van der Waals surface area contributed by atoms with Gasteiger partial charge in [-0.2, -0.15) is 0 Å². The summed E-state index contributed by atoms with van der Waals surface area (Å²) in [6.45, 7) is 1.97. The molecule has 0 spiro atoms. The molecule has 2 rings (SSSR count). The van der Waals surface area contributed by atoms with Crippen LogP contribution in [-0.2, 0) is 5.88 Å². The van der Waals surface area contributed by atoms with Crippen molar-refractivity contribution in [1.29, 1.82) is 0 Å². The highest BCUT2D eigenvalue weighted by Crippen LogP contribution is 2.26. The summed E-state index contributed by atoms with van der Waals surface area (Å²) < 4.78 is 5.99. The Labute approximate surface area is 102 Å². The minimum absolute atomic E-state index is 0.361. The van der Waals surface area contributed by atoms with Crippen LogP contribution >= 0.6 is 11.6 Å². The molecule has 16 heavy (non-hydrogen) atoms. The van der Waals surface area contributed by atoms with Crippen molar-refractivity contribution >= 4 is 11.6 Å². The first-order chi connectivity index (χ1) is 7.79. The van der Waals surface area contributed by atoms with Crippen LogP contribution in [0, 0.1) is 6.92 Å². The average molecular weight is 240 g/mol. The first kappa shape index (κ1) is 11.7. The Morgan fingerprint density at radius 2 is 2.06 bits per heavy atom. The molecule has 0 N–H and O–H groups in total. The van der Waals surface area contributed by atoms with E-state index in [1.54, 1.807) is 0 Å². The Hall–Kier alpha value is -0.760. The number of nitrogens with zero attached hydrogens (tertiary/aromatic N) is 1. The van der Waals surface area contributed by atoms with Crippen LogP contribution in [0.3, 0.4) is 0 Å². The third-order valence-electron chi connectivity index (χ3n) is 3.04. The van der Waals surface area contributed by atoms with E-state index in [2.05, 4.69) is 4.98 Å². The van der Waals surface area contributed by atoms with E-state index in [-0.39, 0.29) is 0 Å². The maximum Gasteiger partial charge on any atom is 0.142 e. The van der Waals surface area contributed by atoms with Crippen LogP contribution in [0.5, 0.6) is 5.75 Å². The molecule has 0 amide bonds. The monoisotopic (exact) mass is 239 g/mol. The number of hydrogen-bond acceptors (Lipinski definition) is 2. The number of alkyl halides is 1. The summed E-state index contributed by atoms with van der Waals surface area (Å²) in [4.78, 5) is 4.40. The molecule has 1 aliphatic carbocycles. The molecule has 1 aromatic heterocycles. The van der Waals surface area contributed by atoms with Gasteiger partial charge in [-0.05, 0) is 44.7 Å². The molecule has 1 saturated carbocycles. The second kappa shape index (κ2) is 5.53. The van der Waals surface area contributed by atoms with Gasteiger partial charge in [0.05, 0.1) is 17.7 Å². The maximum absolute atomic E-state index is 5.99. The topological polar surface area (TPSA) is 22.1 Å². The first-order valence-electron chi connectivity index (χ1n) is 5.99. The zero-order valence-corrected chi connectivity index (χ0v) is 10.5. The minimum Gasteiger partial charge on any atom is -0.488 e. The zero-order chi connectivity index (χ0) is 11.4. The molecular weight excluding hydrogens is 222 g/mol. The lowest BCUT2D eigenvalue weighted by molar-refractivity contribution is 0.153. The molecule has 0 saturated heterocycles. The lowest BCUT2D eigenvalue weighted by Crippen LogP contribution is -2.20. The van der Waals surface area contributed by atoms with Crippen molar-refractivity contribution in [2.24, 2.45) is 0 Å².